The fourth-order valence-corrected chi connectivity index (χ4v) is 1.67. The third kappa shape index (κ3) is 5.90. The van der Waals surface area contributed by atoms with Crippen molar-refractivity contribution in [3.05, 3.63) is 0 Å². The van der Waals surface area contributed by atoms with Crippen molar-refractivity contribution < 1.29 is 14.3 Å². The monoisotopic (exact) mass is 214 g/mol. The minimum Gasteiger partial charge on any atom is -0.353 e. The van der Waals surface area contributed by atoms with Gasteiger partial charge >= 0.3 is 0 Å². The minimum atomic E-state index is -0.131. The van der Waals surface area contributed by atoms with Gasteiger partial charge in [0, 0.05) is 13.0 Å². The molecule has 0 saturated carbocycles. The van der Waals surface area contributed by atoms with E-state index < -0.39 is 0 Å². The van der Waals surface area contributed by atoms with Crippen molar-refractivity contribution in [3.8, 4) is 0 Å². The molecule has 88 valence electrons. The smallest absolute Gasteiger partial charge is 0.158 e. The molecule has 1 atom stereocenters. The first-order chi connectivity index (χ1) is 7.33. The highest BCUT2D eigenvalue weighted by molar-refractivity contribution is 5.79. The molecule has 1 heterocycles. The van der Waals surface area contributed by atoms with Crippen LogP contribution in [0, 0.1) is 0 Å². The van der Waals surface area contributed by atoms with E-state index in [4.69, 9.17) is 9.47 Å². The molecule has 3 heteroatoms. The topological polar surface area (TPSA) is 35.5 Å². The molecule has 15 heavy (non-hydrogen) atoms. The van der Waals surface area contributed by atoms with Crippen molar-refractivity contribution in [2.24, 2.45) is 0 Å². The number of carbonyl (C=O) groups excluding carboxylic acids is 1. The molecule has 0 bridgehead atoms. The Labute approximate surface area is 92.1 Å². The zero-order valence-corrected chi connectivity index (χ0v) is 9.67. The summed E-state index contributed by atoms with van der Waals surface area (Å²) in [7, 11) is 0. The van der Waals surface area contributed by atoms with Gasteiger partial charge in [0.1, 0.15) is 6.61 Å². The molecule has 1 saturated heterocycles. The van der Waals surface area contributed by atoms with Crippen molar-refractivity contribution in [1.82, 2.24) is 0 Å². The molecule has 0 spiro atoms. The largest absolute Gasteiger partial charge is 0.353 e. The van der Waals surface area contributed by atoms with E-state index in [0.29, 0.717) is 6.42 Å². The van der Waals surface area contributed by atoms with Gasteiger partial charge in [-0.3, -0.25) is 4.79 Å². The highest BCUT2D eigenvalue weighted by Crippen LogP contribution is 2.13. The van der Waals surface area contributed by atoms with Crippen molar-refractivity contribution in [2.75, 3.05) is 13.2 Å². The Hall–Kier alpha value is -0.410. The molecule has 0 radical (unpaired) electrons. The molecule has 1 unspecified atom stereocenters. The second-order valence-corrected chi connectivity index (χ2v) is 4.10. The van der Waals surface area contributed by atoms with Crippen LogP contribution in [-0.4, -0.2) is 25.3 Å². The standard InChI is InChI=1S/C12H22O3/c1-2-3-4-7-11(13)10-15-12-8-5-6-9-14-12/h12H,2-10H2,1H3. The van der Waals surface area contributed by atoms with E-state index in [1.165, 1.54) is 0 Å². The summed E-state index contributed by atoms with van der Waals surface area (Å²) in [6.07, 6.45) is 6.99. The van der Waals surface area contributed by atoms with E-state index in [2.05, 4.69) is 6.92 Å². The van der Waals surface area contributed by atoms with Gasteiger partial charge in [0.2, 0.25) is 0 Å². The lowest BCUT2D eigenvalue weighted by molar-refractivity contribution is -0.169. The average molecular weight is 214 g/mol. The van der Waals surface area contributed by atoms with Crippen LogP contribution in [0.4, 0.5) is 0 Å². The molecule has 0 amide bonds. The molecule has 0 aromatic carbocycles. The maximum Gasteiger partial charge on any atom is 0.158 e. The van der Waals surface area contributed by atoms with Crippen LogP contribution in [0.25, 0.3) is 0 Å². The van der Waals surface area contributed by atoms with Crippen LogP contribution < -0.4 is 0 Å². The number of carbonyl (C=O) groups is 1. The highest BCUT2D eigenvalue weighted by Gasteiger charge is 2.15. The van der Waals surface area contributed by atoms with Gasteiger partial charge in [0.15, 0.2) is 12.1 Å². The fraction of sp³-hybridized carbons (Fsp3) is 0.917. The second-order valence-electron chi connectivity index (χ2n) is 4.10. The Balaban J connectivity index is 2.00. The van der Waals surface area contributed by atoms with Crippen LogP contribution in [0.3, 0.4) is 0 Å². The average Bonchev–Trinajstić information content (AvgIpc) is 2.28. The molecule has 1 aliphatic rings. The van der Waals surface area contributed by atoms with Gasteiger partial charge < -0.3 is 9.47 Å². The Morgan fingerprint density at radius 2 is 2.27 bits per heavy atom. The van der Waals surface area contributed by atoms with Crippen LogP contribution in [0.15, 0.2) is 0 Å². The predicted molar refractivity (Wildman–Crippen MR) is 58.7 cm³/mol. The van der Waals surface area contributed by atoms with Crippen molar-refractivity contribution >= 4 is 5.78 Å². The summed E-state index contributed by atoms with van der Waals surface area (Å²) in [5.41, 5.74) is 0. The van der Waals surface area contributed by atoms with E-state index in [1.54, 1.807) is 0 Å². The lowest BCUT2D eigenvalue weighted by atomic mass is 10.1. The molecule has 3 nitrogen and oxygen atoms in total. The van der Waals surface area contributed by atoms with Gasteiger partial charge in [-0.25, -0.2) is 0 Å². The molecular weight excluding hydrogens is 192 g/mol. The maximum atomic E-state index is 11.4. The third-order valence-corrected chi connectivity index (χ3v) is 2.63. The number of Topliss-reactive ketones (excluding diaryl/α,β-unsaturated/α-hetero) is 1. The fourth-order valence-electron chi connectivity index (χ4n) is 1.67. The zero-order valence-electron chi connectivity index (χ0n) is 9.67. The first-order valence-electron chi connectivity index (χ1n) is 6.08. The summed E-state index contributed by atoms with van der Waals surface area (Å²) < 4.78 is 10.8. The lowest BCUT2D eigenvalue weighted by Gasteiger charge is -2.22. The van der Waals surface area contributed by atoms with Gasteiger partial charge in [0.05, 0.1) is 0 Å². The summed E-state index contributed by atoms with van der Waals surface area (Å²) >= 11 is 0. The summed E-state index contributed by atoms with van der Waals surface area (Å²) in [5.74, 6) is 0.206. The number of ether oxygens (including phenoxy) is 2. The van der Waals surface area contributed by atoms with E-state index in [0.717, 1.165) is 45.1 Å². The van der Waals surface area contributed by atoms with Gasteiger partial charge in [-0.15, -0.1) is 0 Å². The molecule has 0 N–H and O–H groups in total. The Morgan fingerprint density at radius 3 is 2.93 bits per heavy atom. The normalized spacial score (nSPS) is 21.5. The SMILES string of the molecule is CCCCCC(=O)COC1CCCCO1. The number of hydrogen-bond acceptors (Lipinski definition) is 3. The number of ketones is 1. The molecule has 0 aromatic heterocycles. The first kappa shape index (κ1) is 12.7. The molecule has 1 fully saturated rings. The number of unbranched alkanes of at least 4 members (excludes halogenated alkanes) is 2. The van der Waals surface area contributed by atoms with Crippen molar-refractivity contribution in [1.29, 1.82) is 0 Å². The Bertz CT molecular complexity index is 174. The van der Waals surface area contributed by atoms with Gasteiger partial charge in [-0.1, -0.05) is 19.8 Å². The maximum absolute atomic E-state index is 11.4. The van der Waals surface area contributed by atoms with E-state index in [1.807, 2.05) is 0 Å². The molecule has 1 aliphatic heterocycles. The van der Waals surface area contributed by atoms with Crippen LogP contribution in [0.2, 0.25) is 0 Å². The number of rotatable bonds is 7. The van der Waals surface area contributed by atoms with Gasteiger partial charge in [-0.2, -0.15) is 0 Å². The summed E-state index contributed by atoms with van der Waals surface area (Å²) in [5, 5.41) is 0. The van der Waals surface area contributed by atoms with Crippen molar-refractivity contribution in [3.63, 3.8) is 0 Å². The molecule has 0 aliphatic carbocycles. The van der Waals surface area contributed by atoms with Crippen LogP contribution in [0.5, 0.6) is 0 Å². The number of hydrogen-bond donors (Lipinski definition) is 0. The lowest BCUT2D eigenvalue weighted by Crippen LogP contribution is -2.25. The Morgan fingerprint density at radius 1 is 1.40 bits per heavy atom. The van der Waals surface area contributed by atoms with Gasteiger partial charge in [0.25, 0.3) is 0 Å². The van der Waals surface area contributed by atoms with E-state index >= 15 is 0 Å². The van der Waals surface area contributed by atoms with Crippen molar-refractivity contribution in [2.45, 2.75) is 58.2 Å². The highest BCUT2D eigenvalue weighted by atomic mass is 16.7. The Kier molecular flexibility index (Phi) is 6.60. The van der Waals surface area contributed by atoms with Crippen LogP contribution in [-0.2, 0) is 14.3 Å². The molecule has 0 aromatic rings. The molecule has 1 rings (SSSR count). The van der Waals surface area contributed by atoms with Crippen LogP contribution >= 0.6 is 0 Å². The van der Waals surface area contributed by atoms with Gasteiger partial charge in [-0.05, 0) is 25.7 Å². The summed E-state index contributed by atoms with van der Waals surface area (Å²) in [4.78, 5) is 11.4. The summed E-state index contributed by atoms with van der Waals surface area (Å²) in [6.45, 7) is 3.14. The summed E-state index contributed by atoms with van der Waals surface area (Å²) in [6, 6.07) is 0. The molecular formula is C12H22O3. The first-order valence-corrected chi connectivity index (χ1v) is 6.08. The minimum absolute atomic E-state index is 0.131. The van der Waals surface area contributed by atoms with Crippen LogP contribution in [0.1, 0.15) is 51.9 Å². The quantitative estimate of drug-likeness (QED) is 0.611. The predicted octanol–water partition coefficient (Wildman–Crippen LogP) is 2.68. The van der Waals surface area contributed by atoms with E-state index in [-0.39, 0.29) is 18.7 Å². The zero-order chi connectivity index (χ0) is 10.9. The van der Waals surface area contributed by atoms with E-state index in [9.17, 15) is 4.79 Å². The third-order valence-electron chi connectivity index (χ3n) is 2.63. The second kappa shape index (κ2) is 7.83.